The molecule has 0 bridgehead atoms. The van der Waals surface area contributed by atoms with E-state index in [1.807, 2.05) is 0 Å². The number of pyridine rings is 1. The Hall–Kier alpha value is -1.41. The van der Waals surface area contributed by atoms with E-state index in [1.165, 1.54) is 0 Å². The van der Waals surface area contributed by atoms with Gasteiger partial charge in [0.2, 0.25) is 0 Å². The van der Waals surface area contributed by atoms with Crippen LogP contribution in [0.5, 0.6) is 5.75 Å². The van der Waals surface area contributed by atoms with Gasteiger partial charge in [0.1, 0.15) is 17.5 Å². The standard InChI is InChI=1S/C8H5ClF2N2O/c9-1-4-5(2-12)13-3-6(14)7(4)8(10)11/h3,8,14H,1H2. The summed E-state index contributed by atoms with van der Waals surface area (Å²) in [5.74, 6) is -0.932. The topological polar surface area (TPSA) is 56.9 Å². The van der Waals surface area contributed by atoms with Crippen molar-refractivity contribution in [2.45, 2.75) is 12.3 Å². The first-order valence-electron chi connectivity index (χ1n) is 3.56. The van der Waals surface area contributed by atoms with Crippen LogP contribution in [-0.4, -0.2) is 10.1 Å². The number of aromatic nitrogens is 1. The van der Waals surface area contributed by atoms with Gasteiger partial charge in [-0.2, -0.15) is 5.26 Å². The molecule has 0 radical (unpaired) electrons. The second-order valence-corrected chi connectivity index (χ2v) is 2.70. The summed E-state index contributed by atoms with van der Waals surface area (Å²) in [6, 6.07) is 1.63. The van der Waals surface area contributed by atoms with Gasteiger partial charge in [-0.25, -0.2) is 13.8 Å². The molecule has 0 amide bonds. The number of hydrogen-bond donors (Lipinski definition) is 1. The molecule has 14 heavy (non-hydrogen) atoms. The van der Waals surface area contributed by atoms with Gasteiger partial charge in [0.15, 0.2) is 0 Å². The Morgan fingerprint density at radius 2 is 2.29 bits per heavy atom. The maximum absolute atomic E-state index is 12.4. The van der Waals surface area contributed by atoms with Crippen LogP contribution in [0.25, 0.3) is 0 Å². The average Bonchev–Trinajstić information content (AvgIpc) is 2.16. The van der Waals surface area contributed by atoms with E-state index in [2.05, 4.69) is 4.98 Å². The fraction of sp³-hybridized carbons (Fsp3) is 0.250. The van der Waals surface area contributed by atoms with Crippen molar-refractivity contribution in [1.82, 2.24) is 4.98 Å². The predicted octanol–water partition coefficient (Wildman–Crippen LogP) is 2.34. The smallest absolute Gasteiger partial charge is 0.267 e. The molecule has 1 aromatic rings. The molecule has 0 saturated heterocycles. The number of rotatable bonds is 2. The van der Waals surface area contributed by atoms with E-state index in [4.69, 9.17) is 22.0 Å². The maximum atomic E-state index is 12.4. The van der Waals surface area contributed by atoms with Gasteiger partial charge in [0.25, 0.3) is 6.43 Å². The lowest BCUT2D eigenvalue weighted by Crippen LogP contribution is -1.99. The Morgan fingerprint density at radius 1 is 1.64 bits per heavy atom. The Kier molecular flexibility index (Phi) is 3.20. The Labute approximate surface area is 83.6 Å². The summed E-state index contributed by atoms with van der Waals surface area (Å²) in [4.78, 5) is 3.48. The van der Waals surface area contributed by atoms with Crippen LogP contribution < -0.4 is 0 Å². The molecule has 0 atom stereocenters. The van der Waals surface area contributed by atoms with Crippen LogP contribution in [-0.2, 0) is 5.88 Å². The van der Waals surface area contributed by atoms with Crippen LogP contribution in [0.1, 0.15) is 23.2 Å². The zero-order valence-corrected chi connectivity index (χ0v) is 7.59. The second kappa shape index (κ2) is 4.20. The molecule has 1 N–H and O–H groups in total. The van der Waals surface area contributed by atoms with Gasteiger partial charge in [0.05, 0.1) is 17.6 Å². The van der Waals surface area contributed by atoms with Crippen LogP contribution in [0.15, 0.2) is 6.20 Å². The quantitative estimate of drug-likeness (QED) is 0.775. The van der Waals surface area contributed by atoms with E-state index in [1.54, 1.807) is 6.07 Å². The molecule has 0 aliphatic rings. The molecule has 0 unspecified atom stereocenters. The predicted molar refractivity (Wildman–Crippen MR) is 45.1 cm³/mol. The molecule has 0 saturated carbocycles. The summed E-state index contributed by atoms with van der Waals surface area (Å²) in [6.07, 6.45) is -2.06. The Morgan fingerprint density at radius 3 is 2.71 bits per heavy atom. The maximum Gasteiger partial charge on any atom is 0.267 e. The van der Waals surface area contributed by atoms with E-state index < -0.39 is 17.7 Å². The Balaban J connectivity index is 3.45. The molecular weight excluding hydrogens is 214 g/mol. The van der Waals surface area contributed by atoms with Crippen molar-refractivity contribution in [2.75, 3.05) is 0 Å². The fourth-order valence-corrected chi connectivity index (χ4v) is 1.30. The lowest BCUT2D eigenvalue weighted by molar-refractivity contribution is 0.146. The third-order valence-corrected chi connectivity index (χ3v) is 1.93. The largest absolute Gasteiger partial charge is 0.506 e. The van der Waals surface area contributed by atoms with Gasteiger partial charge in [-0.05, 0) is 0 Å². The zero-order chi connectivity index (χ0) is 10.7. The lowest BCUT2D eigenvalue weighted by atomic mass is 10.1. The highest BCUT2D eigenvalue weighted by Gasteiger charge is 2.21. The number of aromatic hydroxyl groups is 1. The Bertz CT molecular complexity index is 390. The molecule has 0 aliphatic carbocycles. The minimum absolute atomic E-state index is 0.121. The molecule has 0 spiro atoms. The number of nitriles is 1. The van der Waals surface area contributed by atoms with Crippen molar-refractivity contribution >= 4 is 11.6 Å². The van der Waals surface area contributed by atoms with E-state index in [0.29, 0.717) is 0 Å². The molecule has 0 aliphatic heterocycles. The van der Waals surface area contributed by atoms with Gasteiger partial charge in [0, 0.05) is 5.56 Å². The highest BCUT2D eigenvalue weighted by atomic mass is 35.5. The number of alkyl halides is 3. The van der Waals surface area contributed by atoms with Crippen LogP contribution in [0.3, 0.4) is 0 Å². The summed E-state index contributed by atoms with van der Waals surface area (Å²) in [6.45, 7) is 0. The molecule has 0 fully saturated rings. The molecule has 1 aromatic heterocycles. The van der Waals surface area contributed by atoms with E-state index in [0.717, 1.165) is 6.20 Å². The van der Waals surface area contributed by atoms with Crippen molar-refractivity contribution in [3.63, 3.8) is 0 Å². The van der Waals surface area contributed by atoms with Gasteiger partial charge >= 0.3 is 0 Å². The molecule has 6 heteroatoms. The summed E-state index contributed by atoms with van der Waals surface area (Å²) < 4.78 is 24.9. The number of nitrogens with zero attached hydrogens (tertiary/aromatic N) is 2. The van der Waals surface area contributed by atoms with Crippen LogP contribution in [0.4, 0.5) is 8.78 Å². The summed E-state index contributed by atoms with van der Waals surface area (Å²) >= 11 is 5.40. The van der Waals surface area contributed by atoms with E-state index in [9.17, 15) is 8.78 Å². The van der Waals surface area contributed by atoms with Gasteiger partial charge in [-0.1, -0.05) is 0 Å². The van der Waals surface area contributed by atoms with Crippen molar-refractivity contribution in [3.05, 3.63) is 23.0 Å². The lowest BCUT2D eigenvalue weighted by Gasteiger charge is -2.08. The van der Waals surface area contributed by atoms with Crippen molar-refractivity contribution in [3.8, 4) is 11.8 Å². The fourth-order valence-electron chi connectivity index (χ4n) is 1.03. The zero-order valence-electron chi connectivity index (χ0n) is 6.84. The van der Waals surface area contributed by atoms with Crippen molar-refractivity contribution < 1.29 is 13.9 Å². The van der Waals surface area contributed by atoms with E-state index >= 15 is 0 Å². The highest BCUT2D eigenvalue weighted by Crippen LogP contribution is 2.32. The van der Waals surface area contributed by atoms with Crippen LogP contribution in [0, 0.1) is 11.3 Å². The number of halogens is 3. The first kappa shape index (κ1) is 10.7. The minimum atomic E-state index is -2.88. The molecule has 1 heterocycles. The molecular formula is C8H5ClF2N2O. The minimum Gasteiger partial charge on any atom is -0.506 e. The van der Waals surface area contributed by atoms with Gasteiger partial charge in [-0.3, -0.25) is 0 Å². The van der Waals surface area contributed by atoms with Crippen LogP contribution >= 0.6 is 11.6 Å². The summed E-state index contributed by atoms with van der Waals surface area (Å²) in [5.41, 5.74) is -0.927. The summed E-state index contributed by atoms with van der Waals surface area (Å²) in [5, 5.41) is 17.7. The van der Waals surface area contributed by atoms with E-state index in [-0.39, 0.29) is 17.1 Å². The number of hydrogen-bond acceptors (Lipinski definition) is 3. The summed E-state index contributed by atoms with van der Waals surface area (Å²) in [7, 11) is 0. The highest BCUT2D eigenvalue weighted by molar-refractivity contribution is 6.17. The molecule has 0 aromatic carbocycles. The van der Waals surface area contributed by atoms with Crippen LogP contribution in [0.2, 0.25) is 0 Å². The molecule has 74 valence electrons. The van der Waals surface area contributed by atoms with Crippen molar-refractivity contribution in [2.24, 2.45) is 0 Å². The third-order valence-electron chi connectivity index (χ3n) is 1.66. The average molecular weight is 219 g/mol. The van der Waals surface area contributed by atoms with Gasteiger partial charge < -0.3 is 5.11 Å². The third kappa shape index (κ3) is 1.75. The normalized spacial score (nSPS) is 10.2. The van der Waals surface area contributed by atoms with Crippen molar-refractivity contribution in [1.29, 1.82) is 5.26 Å². The second-order valence-electron chi connectivity index (χ2n) is 2.43. The SMILES string of the molecule is N#Cc1ncc(O)c(C(F)F)c1CCl. The first-order valence-corrected chi connectivity index (χ1v) is 4.10. The molecule has 1 rings (SSSR count). The van der Waals surface area contributed by atoms with Gasteiger partial charge in [-0.15, -0.1) is 11.6 Å². The molecule has 3 nitrogen and oxygen atoms in total. The first-order chi connectivity index (χ1) is 6.61. The monoisotopic (exact) mass is 218 g/mol.